The summed E-state index contributed by atoms with van der Waals surface area (Å²) in [6.07, 6.45) is 8.89. The van der Waals surface area contributed by atoms with Gasteiger partial charge in [-0.15, -0.1) is 13.2 Å². The number of allylic oxidation sites excluding steroid dienone is 6. The summed E-state index contributed by atoms with van der Waals surface area (Å²) >= 11 is 0. The molecule has 3 nitrogen and oxygen atoms in total. The lowest BCUT2D eigenvalue weighted by molar-refractivity contribution is 0.320. The molecule has 37 heavy (non-hydrogen) atoms. The Balaban J connectivity index is 0.000000360. The number of oxime groups is 1. The van der Waals surface area contributed by atoms with Gasteiger partial charge in [0.1, 0.15) is 5.71 Å². The van der Waals surface area contributed by atoms with E-state index in [2.05, 4.69) is 96.3 Å². The molecule has 2 aromatic carbocycles. The van der Waals surface area contributed by atoms with Gasteiger partial charge in [0.05, 0.1) is 5.71 Å². The Hall–Kier alpha value is -3.46. The first kappa shape index (κ1) is 31.6. The van der Waals surface area contributed by atoms with Crippen molar-refractivity contribution in [1.82, 2.24) is 0 Å². The Labute approximate surface area is 225 Å². The highest BCUT2D eigenvalue weighted by atomic mass is 16.4. The van der Waals surface area contributed by atoms with E-state index in [1.807, 2.05) is 24.3 Å². The maximum absolute atomic E-state index is 8.96. The number of aryl methyl sites for hydroxylation is 1. The molecule has 0 radical (unpaired) electrons. The quantitative estimate of drug-likeness (QED) is 0.170. The van der Waals surface area contributed by atoms with E-state index in [9.17, 15) is 0 Å². The van der Waals surface area contributed by atoms with Gasteiger partial charge in [-0.3, -0.25) is 0 Å². The van der Waals surface area contributed by atoms with Crippen molar-refractivity contribution in [2.45, 2.75) is 74.1 Å². The fraction of sp³-hybridized carbons (Fsp3) is 0.353. The predicted octanol–water partition coefficient (Wildman–Crippen LogP) is 9.92. The summed E-state index contributed by atoms with van der Waals surface area (Å²) in [4.78, 5) is 0. The standard InChI is InChI=1S/C17H20N2O.C15H22.C2H4/c1-11-4-5-16(10-12(11)2)14-6-8-15(9-7-14)17(19-20)13(3)18;1-5-9-14(12(3)4)15-11-8-7-10-13(15)6-2;1-2/h5-9,18,20H,4,10H2,1-3H3;7-12H,5-6H2,1-4H3;1-2H2/b18-13?,19-17-;14-9-;. The molecule has 2 aromatic rings. The fourth-order valence-corrected chi connectivity index (χ4v) is 4.36. The second kappa shape index (κ2) is 16.3. The van der Waals surface area contributed by atoms with Crippen molar-refractivity contribution in [3.8, 4) is 0 Å². The van der Waals surface area contributed by atoms with Gasteiger partial charge in [0.15, 0.2) is 0 Å². The maximum Gasteiger partial charge on any atom is 0.130 e. The Bertz CT molecular complexity index is 1140. The highest BCUT2D eigenvalue weighted by Crippen LogP contribution is 2.31. The molecular weight excluding hydrogens is 452 g/mol. The molecule has 3 heteroatoms. The minimum atomic E-state index is 0.256. The van der Waals surface area contributed by atoms with Gasteiger partial charge in [-0.05, 0) is 80.2 Å². The molecule has 0 bridgehead atoms. The zero-order valence-corrected chi connectivity index (χ0v) is 24.0. The van der Waals surface area contributed by atoms with E-state index in [0.717, 1.165) is 31.2 Å². The van der Waals surface area contributed by atoms with Gasteiger partial charge in [-0.2, -0.15) is 0 Å². The van der Waals surface area contributed by atoms with Crippen molar-refractivity contribution in [2.75, 3.05) is 0 Å². The minimum Gasteiger partial charge on any atom is -0.410 e. The van der Waals surface area contributed by atoms with Crippen molar-refractivity contribution in [1.29, 1.82) is 5.41 Å². The lowest BCUT2D eigenvalue weighted by Crippen LogP contribution is -2.10. The Morgan fingerprint density at radius 1 is 1.03 bits per heavy atom. The molecule has 0 heterocycles. The predicted molar refractivity (Wildman–Crippen MR) is 164 cm³/mol. The summed E-state index contributed by atoms with van der Waals surface area (Å²) in [6, 6.07) is 16.6. The van der Waals surface area contributed by atoms with Crippen molar-refractivity contribution >= 4 is 22.6 Å². The lowest BCUT2D eigenvalue weighted by Gasteiger charge is -2.17. The molecule has 0 spiro atoms. The minimum absolute atomic E-state index is 0.256. The molecule has 0 saturated heterocycles. The van der Waals surface area contributed by atoms with Gasteiger partial charge < -0.3 is 10.6 Å². The van der Waals surface area contributed by atoms with Crippen LogP contribution in [0.3, 0.4) is 0 Å². The van der Waals surface area contributed by atoms with Crippen LogP contribution >= 0.6 is 0 Å². The largest absolute Gasteiger partial charge is 0.410 e. The zero-order chi connectivity index (χ0) is 28.0. The van der Waals surface area contributed by atoms with E-state index >= 15 is 0 Å². The number of nitrogens with one attached hydrogen (secondary N) is 1. The first-order chi connectivity index (χ1) is 17.7. The molecule has 0 fully saturated rings. The van der Waals surface area contributed by atoms with Crippen LogP contribution in [0.2, 0.25) is 0 Å². The molecule has 0 aliphatic heterocycles. The van der Waals surface area contributed by atoms with Gasteiger partial charge >= 0.3 is 0 Å². The SMILES string of the molecule is C=C.CC(=N)/C(=N/O)c1ccc(C2=CCC(C)=C(C)C2)cc1.CC/C=C(\c1ccccc1CC)C(C)C. The van der Waals surface area contributed by atoms with Gasteiger partial charge in [0, 0.05) is 5.56 Å². The van der Waals surface area contributed by atoms with E-state index in [1.54, 1.807) is 6.92 Å². The van der Waals surface area contributed by atoms with E-state index in [1.165, 1.54) is 39.0 Å². The molecule has 0 unspecified atom stereocenters. The van der Waals surface area contributed by atoms with E-state index < -0.39 is 0 Å². The molecule has 0 atom stereocenters. The highest BCUT2D eigenvalue weighted by Gasteiger charge is 2.12. The molecule has 198 valence electrons. The topological polar surface area (TPSA) is 56.4 Å². The van der Waals surface area contributed by atoms with Crippen LogP contribution in [0.5, 0.6) is 0 Å². The number of hydrogen-bond acceptors (Lipinski definition) is 3. The molecule has 1 aliphatic rings. The average Bonchev–Trinajstić information content (AvgIpc) is 2.91. The van der Waals surface area contributed by atoms with Gasteiger partial charge in [-0.25, -0.2) is 0 Å². The normalized spacial score (nSPS) is 13.8. The third-order valence-corrected chi connectivity index (χ3v) is 6.58. The molecule has 0 aromatic heterocycles. The van der Waals surface area contributed by atoms with Crippen LogP contribution < -0.4 is 0 Å². The second-order valence-electron chi connectivity index (χ2n) is 9.55. The summed E-state index contributed by atoms with van der Waals surface area (Å²) in [5.74, 6) is 0.609. The molecule has 2 N–H and O–H groups in total. The van der Waals surface area contributed by atoms with Crippen molar-refractivity contribution in [3.63, 3.8) is 0 Å². The summed E-state index contributed by atoms with van der Waals surface area (Å²) < 4.78 is 0. The molecule has 0 saturated carbocycles. The van der Waals surface area contributed by atoms with Gasteiger partial charge in [0.25, 0.3) is 0 Å². The highest BCUT2D eigenvalue weighted by molar-refractivity contribution is 6.46. The first-order valence-corrected chi connectivity index (χ1v) is 13.2. The van der Waals surface area contributed by atoms with E-state index in [4.69, 9.17) is 10.6 Å². The lowest BCUT2D eigenvalue weighted by atomic mass is 9.89. The third-order valence-electron chi connectivity index (χ3n) is 6.58. The van der Waals surface area contributed by atoms with Crippen LogP contribution in [0, 0.1) is 11.3 Å². The van der Waals surface area contributed by atoms with Crippen molar-refractivity contribution < 1.29 is 5.21 Å². The van der Waals surface area contributed by atoms with E-state index in [0.29, 0.717) is 11.6 Å². The van der Waals surface area contributed by atoms with Crippen LogP contribution in [-0.4, -0.2) is 16.6 Å². The number of benzene rings is 2. The third kappa shape index (κ3) is 9.17. The smallest absolute Gasteiger partial charge is 0.130 e. The summed E-state index contributed by atoms with van der Waals surface area (Å²) in [6.45, 7) is 21.0. The Morgan fingerprint density at radius 3 is 2.14 bits per heavy atom. The van der Waals surface area contributed by atoms with Crippen molar-refractivity contribution in [3.05, 3.63) is 107 Å². The summed E-state index contributed by atoms with van der Waals surface area (Å²) in [5, 5.41) is 19.7. The van der Waals surface area contributed by atoms with Gasteiger partial charge in [-0.1, -0.05) is 105 Å². The number of rotatable bonds is 7. The van der Waals surface area contributed by atoms with Crippen LogP contribution in [-0.2, 0) is 6.42 Å². The van der Waals surface area contributed by atoms with Crippen LogP contribution in [0.25, 0.3) is 11.1 Å². The van der Waals surface area contributed by atoms with Crippen LogP contribution in [0.1, 0.15) is 90.0 Å². The maximum atomic E-state index is 8.96. The fourth-order valence-electron chi connectivity index (χ4n) is 4.36. The second-order valence-corrected chi connectivity index (χ2v) is 9.55. The molecule has 3 rings (SSSR count). The van der Waals surface area contributed by atoms with Gasteiger partial charge in [0.2, 0.25) is 0 Å². The van der Waals surface area contributed by atoms with Crippen LogP contribution in [0.15, 0.2) is 90.1 Å². The number of nitrogens with zero attached hydrogens (tertiary/aromatic N) is 1. The first-order valence-electron chi connectivity index (χ1n) is 13.2. The molecule has 1 aliphatic carbocycles. The Morgan fingerprint density at radius 2 is 1.65 bits per heavy atom. The molecule has 0 amide bonds. The summed E-state index contributed by atoms with van der Waals surface area (Å²) in [7, 11) is 0. The monoisotopic (exact) mass is 498 g/mol. The van der Waals surface area contributed by atoms with Crippen molar-refractivity contribution in [2.24, 2.45) is 11.1 Å². The molecular formula is C34H46N2O. The van der Waals surface area contributed by atoms with Crippen LogP contribution in [0.4, 0.5) is 0 Å². The Kier molecular flexibility index (Phi) is 13.9. The zero-order valence-electron chi connectivity index (χ0n) is 24.0. The summed E-state index contributed by atoms with van der Waals surface area (Å²) in [5.41, 5.74) is 11.2. The van der Waals surface area contributed by atoms with E-state index in [-0.39, 0.29) is 5.71 Å². The number of hydrogen-bond donors (Lipinski definition) is 2. The average molecular weight is 499 g/mol.